The average molecular weight is 230 g/mol. The van der Waals surface area contributed by atoms with Gasteiger partial charge in [-0.3, -0.25) is 4.79 Å². The molecule has 1 heterocycles. The summed E-state index contributed by atoms with van der Waals surface area (Å²) in [5, 5.41) is 11.5. The minimum atomic E-state index is -0.926. The van der Waals surface area contributed by atoms with Crippen LogP contribution in [0.25, 0.3) is 0 Å². The van der Waals surface area contributed by atoms with E-state index in [1.165, 1.54) is 0 Å². The minimum Gasteiger partial charge on any atom is -0.390 e. The van der Waals surface area contributed by atoms with Crippen molar-refractivity contribution >= 4 is 5.91 Å². The molecule has 5 heteroatoms. The first-order chi connectivity index (χ1) is 7.42. The Kier molecular flexibility index (Phi) is 4.70. The van der Waals surface area contributed by atoms with Crippen molar-refractivity contribution in [2.45, 2.75) is 32.3 Å². The molecule has 0 aromatic rings. The van der Waals surface area contributed by atoms with Crippen LogP contribution in [0.2, 0.25) is 0 Å². The molecule has 1 amide bonds. The molecule has 1 aliphatic heterocycles. The van der Waals surface area contributed by atoms with E-state index in [0.29, 0.717) is 6.54 Å². The fourth-order valence-electron chi connectivity index (χ4n) is 1.81. The van der Waals surface area contributed by atoms with E-state index in [1.54, 1.807) is 25.9 Å². The van der Waals surface area contributed by atoms with Crippen LogP contribution in [-0.4, -0.2) is 59.9 Å². The average Bonchev–Trinajstić information content (AvgIpc) is 2.39. The van der Waals surface area contributed by atoms with E-state index < -0.39 is 5.60 Å². The molecule has 0 aliphatic carbocycles. The van der Waals surface area contributed by atoms with E-state index in [0.717, 1.165) is 26.1 Å². The topological polar surface area (TPSA) is 53.0 Å². The van der Waals surface area contributed by atoms with Gasteiger partial charge < -0.3 is 14.8 Å². The second-order valence-electron chi connectivity index (χ2n) is 4.84. The summed E-state index contributed by atoms with van der Waals surface area (Å²) in [6.45, 7) is 6.31. The van der Waals surface area contributed by atoms with Crippen molar-refractivity contribution in [1.82, 2.24) is 9.96 Å². The van der Waals surface area contributed by atoms with E-state index in [4.69, 9.17) is 4.84 Å². The maximum absolute atomic E-state index is 11.9. The van der Waals surface area contributed by atoms with Gasteiger partial charge in [-0.1, -0.05) is 0 Å². The number of hydrogen-bond donors (Lipinski definition) is 1. The highest BCUT2D eigenvalue weighted by Gasteiger charge is 2.24. The predicted octanol–water partition coefficient (Wildman–Crippen LogP) is 0.243. The Balaban J connectivity index is 2.45. The number of nitrogens with zero attached hydrogens (tertiary/aromatic N) is 2. The van der Waals surface area contributed by atoms with Crippen molar-refractivity contribution in [2.24, 2.45) is 0 Å². The molecule has 1 rings (SSSR count). The third kappa shape index (κ3) is 4.47. The molecule has 94 valence electrons. The van der Waals surface area contributed by atoms with Crippen LogP contribution in [0.3, 0.4) is 0 Å². The number of hydrogen-bond acceptors (Lipinski definition) is 4. The molecule has 5 nitrogen and oxygen atoms in total. The second kappa shape index (κ2) is 5.61. The lowest BCUT2D eigenvalue weighted by atomic mass is 10.0. The molecule has 0 atom stereocenters. The van der Waals surface area contributed by atoms with Crippen LogP contribution in [0, 0.1) is 0 Å². The molecule has 0 aromatic carbocycles. The first-order valence-electron chi connectivity index (χ1n) is 5.71. The van der Waals surface area contributed by atoms with Gasteiger partial charge in [0.25, 0.3) is 0 Å². The first-order valence-corrected chi connectivity index (χ1v) is 5.71. The zero-order valence-corrected chi connectivity index (χ0v) is 10.4. The lowest BCUT2D eigenvalue weighted by molar-refractivity contribution is -0.138. The van der Waals surface area contributed by atoms with E-state index in [2.05, 4.69) is 0 Å². The van der Waals surface area contributed by atoms with Gasteiger partial charge in [-0.15, -0.1) is 0 Å². The molecule has 0 saturated carbocycles. The quantitative estimate of drug-likeness (QED) is 0.755. The van der Waals surface area contributed by atoms with Gasteiger partial charge >= 0.3 is 0 Å². The Bertz CT molecular complexity index is 238. The Labute approximate surface area is 96.9 Å². The van der Waals surface area contributed by atoms with Gasteiger partial charge in [-0.25, -0.2) is 0 Å². The summed E-state index contributed by atoms with van der Waals surface area (Å²) in [5.74, 6) is 0.0189. The normalized spacial score (nSPS) is 19.6. The van der Waals surface area contributed by atoms with E-state index in [1.807, 2.05) is 5.06 Å². The van der Waals surface area contributed by atoms with Crippen LogP contribution in [-0.2, 0) is 9.63 Å². The largest absolute Gasteiger partial charge is 0.390 e. The molecule has 1 fully saturated rings. The van der Waals surface area contributed by atoms with Crippen molar-refractivity contribution in [3.8, 4) is 0 Å². The Morgan fingerprint density at radius 2 is 2.00 bits per heavy atom. The van der Waals surface area contributed by atoms with Gasteiger partial charge in [0.2, 0.25) is 5.91 Å². The van der Waals surface area contributed by atoms with Crippen LogP contribution < -0.4 is 0 Å². The Morgan fingerprint density at radius 1 is 1.31 bits per heavy atom. The smallest absolute Gasteiger partial charge is 0.225 e. The number of aliphatic hydroxyl groups is 1. The number of amides is 1. The van der Waals surface area contributed by atoms with Crippen molar-refractivity contribution in [1.29, 1.82) is 0 Å². The third-order valence-electron chi connectivity index (χ3n) is 2.65. The molecule has 0 radical (unpaired) electrons. The van der Waals surface area contributed by atoms with Crippen molar-refractivity contribution in [2.75, 3.05) is 33.3 Å². The Morgan fingerprint density at radius 3 is 2.56 bits per heavy atom. The number of carbonyl (C=O) groups excluding carboxylic acids is 1. The van der Waals surface area contributed by atoms with E-state index in [-0.39, 0.29) is 12.3 Å². The van der Waals surface area contributed by atoms with Crippen LogP contribution in [0.4, 0.5) is 0 Å². The van der Waals surface area contributed by atoms with E-state index in [9.17, 15) is 9.90 Å². The minimum absolute atomic E-state index is 0.0189. The summed E-state index contributed by atoms with van der Waals surface area (Å²) in [4.78, 5) is 18.8. The van der Waals surface area contributed by atoms with Crippen LogP contribution in [0.1, 0.15) is 26.7 Å². The fraction of sp³-hybridized carbons (Fsp3) is 0.909. The SMILES string of the molecule is CON1CCCN(C(=O)CC(C)(C)O)CC1. The summed E-state index contributed by atoms with van der Waals surface area (Å²) in [6, 6.07) is 0. The van der Waals surface area contributed by atoms with Crippen molar-refractivity contribution < 1.29 is 14.7 Å². The Hall–Kier alpha value is -0.650. The maximum atomic E-state index is 11.9. The zero-order chi connectivity index (χ0) is 12.2. The number of carbonyl (C=O) groups is 1. The summed E-state index contributed by atoms with van der Waals surface area (Å²) in [6.07, 6.45) is 1.09. The standard InChI is InChI=1S/C11H22N2O3/c1-11(2,15)9-10(14)12-5-4-6-13(16-3)8-7-12/h15H,4-9H2,1-3H3. The van der Waals surface area contributed by atoms with Gasteiger partial charge in [0, 0.05) is 26.2 Å². The van der Waals surface area contributed by atoms with Crippen LogP contribution in [0.15, 0.2) is 0 Å². The van der Waals surface area contributed by atoms with Gasteiger partial charge in [0.05, 0.1) is 19.1 Å². The van der Waals surface area contributed by atoms with Gasteiger partial charge in [0.15, 0.2) is 0 Å². The molecule has 16 heavy (non-hydrogen) atoms. The summed E-state index contributed by atoms with van der Waals surface area (Å²) < 4.78 is 0. The lowest BCUT2D eigenvalue weighted by Crippen LogP contribution is -2.38. The second-order valence-corrected chi connectivity index (χ2v) is 4.84. The molecule has 1 saturated heterocycles. The van der Waals surface area contributed by atoms with Gasteiger partial charge in [-0.2, -0.15) is 5.06 Å². The van der Waals surface area contributed by atoms with E-state index >= 15 is 0 Å². The highest BCUT2D eigenvalue weighted by Crippen LogP contribution is 2.12. The first kappa shape index (κ1) is 13.4. The summed E-state index contributed by atoms with van der Waals surface area (Å²) in [7, 11) is 1.65. The third-order valence-corrected chi connectivity index (χ3v) is 2.65. The van der Waals surface area contributed by atoms with Crippen molar-refractivity contribution in [3.05, 3.63) is 0 Å². The lowest BCUT2D eigenvalue weighted by Gasteiger charge is -2.24. The zero-order valence-electron chi connectivity index (χ0n) is 10.4. The molecular formula is C11H22N2O3. The predicted molar refractivity (Wildman–Crippen MR) is 60.7 cm³/mol. The molecule has 0 spiro atoms. The van der Waals surface area contributed by atoms with Gasteiger partial charge in [0.1, 0.15) is 0 Å². The van der Waals surface area contributed by atoms with Crippen LogP contribution in [0.5, 0.6) is 0 Å². The fourth-order valence-corrected chi connectivity index (χ4v) is 1.81. The molecule has 0 aromatic heterocycles. The molecule has 0 unspecified atom stereocenters. The molecule has 1 aliphatic rings. The van der Waals surface area contributed by atoms with Crippen LogP contribution >= 0.6 is 0 Å². The van der Waals surface area contributed by atoms with Crippen molar-refractivity contribution in [3.63, 3.8) is 0 Å². The van der Waals surface area contributed by atoms with Gasteiger partial charge in [-0.05, 0) is 20.3 Å². The monoisotopic (exact) mass is 230 g/mol. The maximum Gasteiger partial charge on any atom is 0.225 e. The highest BCUT2D eigenvalue weighted by atomic mass is 16.7. The molecular weight excluding hydrogens is 208 g/mol. The molecule has 1 N–H and O–H groups in total. The molecule has 0 bridgehead atoms. The number of hydroxylamine groups is 2. The summed E-state index contributed by atoms with van der Waals surface area (Å²) in [5.41, 5.74) is -0.926. The highest BCUT2D eigenvalue weighted by molar-refractivity contribution is 5.77. The number of rotatable bonds is 3. The summed E-state index contributed by atoms with van der Waals surface area (Å²) >= 11 is 0.